The number of methoxy groups -OCH3 is 1. The molecule has 1 aliphatic rings. The molecule has 2 unspecified atom stereocenters. The van der Waals surface area contributed by atoms with Crippen LogP contribution in [0.25, 0.3) is 0 Å². The van der Waals surface area contributed by atoms with Gasteiger partial charge < -0.3 is 15.2 Å². The lowest BCUT2D eigenvalue weighted by atomic mass is 9.95. The van der Waals surface area contributed by atoms with Crippen molar-refractivity contribution in [1.82, 2.24) is 5.32 Å². The van der Waals surface area contributed by atoms with E-state index in [2.05, 4.69) is 17.4 Å². The van der Waals surface area contributed by atoms with Crippen LogP contribution in [0.4, 0.5) is 0 Å². The maximum Gasteiger partial charge on any atom is 0.118 e. The van der Waals surface area contributed by atoms with E-state index in [9.17, 15) is 5.11 Å². The van der Waals surface area contributed by atoms with Crippen LogP contribution in [0.15, 0.2) is 24.3 Å². The third-order valence-electron chi connectivity index (χ3n) is 2.89. The Hall–Kier alpha value is -0.770. The van der Waals surface area contributed by atoms with Gasteiger partial charge in [0, 0.05) is 6.04 Å². The maximum atomic E-state index is 9.58. The highest BCUT2D eigenvalue weighted by Crippen LogP contribution is 2.24. The van der Waals surface area contributed by atoms with Gasteiger partial charge in [0.2, 0.25) is 0 Å². The molecule has 0 spiro atoms. The molecule has 90 valence electrons. The summed E-state index contributed by atoms with van der Waals surface area (Å²) >= 11 is 0. The number of hydrogen-bond acceptors (Lipinski definition) is 3. The lowest BCUT2D eigenvalue weighted by Crippen LogP contribution is -2.34. The van der Waals surface area contributed by atoms with Crippen molar-refractivity contribution >= 4 is 12.4 Å². The van der Waals surface area contributed by atoms with Gasteiger partial charge in [0.25, 0.3) is 0 Å². The minimum atomic E-state index is -0.168. The molecule has 1 fully saturated rings. The van der Waals surface area contributed by atoms with Crippen molar-refractivity contribution in [3.8, 4) is 5.75 Å². The van der Waals surface area contributed by atoms with E-state index in [4.69, 9.17) is 4.74 Å². The van der Waals surface area contributed by atoms with Gasteiger partial charge in [0.05, 0.1) is 13.2 Å². The zero-order valence-electron chi connectivity index (χ0n) is 9.35. The number of halogens is 1. The first-order valence-corrected chi connectivity index (χ1v) is 5.35. The van der Waals surface area contributed by atoms with E-state index in [1.807, 2.05) is 12.1 Å². The van der Waals surface area contributed by atoms with Crippen LogP contribution in [0, 0.1) is 0 Å². The Morgan fingerprint density at radius 1 is 1.31 bits per heavy atom. The summed E-state index contributed by atoms with van der Waals surface area (Å²) in [6.07, 6.45) is 1.48. The number of benzene rings is 1. The number of ether oxygens (including phenoxy) is 1. The van der Waals surface area contributed by atoms with Crippen molar-refractivity contribution in [2.75, 3.05) is 13.7 Å². The van der Waals surface area contributed by atoms with Crippen molar-refractivity contribution in [1.29, 1.82) is 0 Å². The minimum absolute atomic E-state index is 0. The van der Waals surface area contributed by atoms with Gasteiger partial charge in [-0.2, -0.15) is 0 Å². The monoisotopic (exact) mass is 243 g/mol. The summed E-state index contributed by atoms with van der Waals surface area (Å²) in [5, 5.41) is 13.0. The number of rotatable bonds is 2. The number of aliphatic hydroxyl groups is 1. The molecular formula is C12H18ClNO2. The first-order chi connectivity index (χ1) is 7.29. The predicted molar refractivity (Wildman–Crippen MR) is 66.2 cm³/mol. The van der Waals surface area contributed by atoms with Crippen LogP contribution in [0.1, 0.15) is 24.4 Å². The van der Waals surface area contributed by atoms with E-state index < -0.39 is 0 Å². The zero-order valence-corrected chi connectivity index (χ0v) is 10.2. The van der Waals surface area contributed by atoms with Crippen LogP contribution < -0.4 is 10.1 Å². The molecule has 4 heteroatoms. The Balaban J connectivity index is 0.00000128. The molecule has 1 aromatic carbocycles. The summed E-state index contributed by atoms with van der Waals surface area (Å²) in [5.74, 6) is 0.870. The SMILES string of the molecule is COc1ccc(C2CC(O)CCN2)cc1.Cl. The Morgan fingerprint density at radius 2 is 2.00 bits per heavy atom. The van der Waals surface area contributed by atoms with Gasteiger partial charge in [-0.1, -0.05) is 12.1 Å². The predicted octanol–water partition coefficient (Wildman–Crippen LogP) is 1.90. The second-order valence-electron chi connectivity index (χ2n) is 3.96. The van der Waals surface area contributed by atoms with Crippen LogP contribution in [-0.4, -0.2) is 24.9 Å². The smallest absolute Gasteiger partial charge is 0.118 e. The highest BCUT2D eigenvalue weighted by Gasteiger charge is 2.20. The molecule has 0 radical (unpaired) electrons. The molecule has 2 rings (SSSR count). The normalized spacial score (nSPS) is 24.6. The van der Waals surface area contributed by atoms with Crippen molar-refractivity contribution in [3.05, 3.63) is 29.8 Å². The number of hydrogen-bond donors (Lipinski definition) is 2. The quantitative estimate of drug-likeness (QED) is 0.834. The minimum Gasteiger partial charge on any atom is -0.497 e. The number of aliphatic hydroxyl groups excluding tert-OH is 1. The standard InChI is InChI=1S/C12H17NO2.ClH/c1-15-11-4-2-9(3-5-11)12-8-10(14)6-7-13-12;/h2-5,10,12-14H,6-8H2,1H3;1H. The van der Waals surface area contributed by atoms with Gasteiger partial charge in [-0.25, -0.2) is 0 Å². The van der Waals surface area contributed by atoms with Crippen LogP contribution >= 0.6 is 12.4 Å². The van der Waals surface area contributed by atoms with Crippen molar-refractivity contribution in [2.24, 2.45) is 0 Å². The first kappa shape index (κ1) is 13.3. The van der Waals surface area contributed by atoms with E-state index in [1.165, 1.54) is 5.56 Å². The summed E-state index contributed by atoms with van der Waals surface area (Å²) in [5.41, 5.74) is 1.22. The third kappa shape index (κ3) is 3.11. The van der Waals surface area contributed by atoms with Gasteiger partial charge >= 0.3 is 0 Å². The van der Waals surface area contributed by atoms with E-state index in [0.29, 0.717) is 0 Å². The van der Waals surface area contributed by atoms with E-state index in [1.54, 1.807) is 7.11 Å². The fourth-order valence-corrected chi connectivity index (χ4v) is 1.99. The Morgan fingerprint density at radius 3 is 2.56 bits per heavy atom. The third-order valence-corrected chi connectivity index (χ3v) is 2.89. The topological polar surface area (TPSA) is 41.5 Å². The largest absolute Gasteiger partial charge is 0.497 e. The molecule has 0 aromatic heterocycles. The molecule has 0 saturated carbocycles. The Bertz CT molecular complexity index is 315. The average Bonchev–Trinajstić information content (AvgIpc) is 2.29. The van der Waals surface area contributed by atoms with E-state index >= 15 is 0 Å². The molecule has 3 nitrogen and oxygen atoms in total. The molecule has 1 saturated heterocycles. The number of piperidine rings is 1. The van der Waals surface area contributed by atoms with Crippen LogP contribution in [0.2, 0.25) is 0 Å². The number of nitrogens with one attached hydrogen (secondary N) is 1. The van der Waals surface area contributed by atoms with E-state index in [-0.39, 0.29) is 24.6 Å². The maximum absolute atomic E-state index is 9.58. The average molecular weight is 244 g/mol. The van der Waals surface area contributed by atoms with Crippen molar-refractivity contribution in [3.63, 3.8) is 0 Å². The summed E-state index contributed by atoms with van der Waals surface area (Å²) in [6.45, 7) is 0.887. The van der Waals surface area contributed by atoms with Crippen LogP contribution in [0.3, 0.4) is 0 Å². The molecule has 0 aliphatic carbocycles. The lowest BCUT2D eigenvalue weighted by molar-refractivity contribution is 0.117. The molecule has 2 atom stereocenters. The molecular weight excluding hydrogens is 226 g/mol. The molecule has 1 heterocycles. The molecule has 1 aliphatic heterocycles. The van der Waals surface area contributed by atoms with Gasteiger partial charge in [-0.3, -0.25) is 0 Å². The van der Waals surface area contributed by atoms with Gasteiger partial charge in [-0.05, 0) is 37.1 Å². The van der Waals surface area contributed by atoms with E-state index in [0.717, 1.165) is 25.1 Å². The molecule has 0 bridgehead atoms. The molecule has 1 aromatic rings. The van der Waals surface area contributed by atoms with Gasteiger partial charge in [0.15, 0.2) is 0 Å². The first-order valence-electron chi connectivity index (χ1n) is 5.35. The highest BCUT2D eigenvalue weighted by molar-refractivity contribution is 5.85. The summed E-state index contributed by atoms with van der Waals surface area (Å²) in [4.78, 5) is 0. The van der Waals surface area contributed by atoms with Gasteiger partial charge in [-0.15, -0.1) is 12.4 Å². The summed E-state index contributed by atoms with van der Waals surface area (Å²) in [6, 6.07) is 8.29. The fraction of sp³-hybridized carbons (Fsp3) is 0.500. The highest BCUT2D eigenvalue weighted by atomic mass is 35.5. The Kier molecular flexibility index (Phi) is 5.06. The molecule has 0 amide bonds. The lowest BCUT2D eigenvalue weighted by Gasteiger charge is -2.27. The van der Waals surface area contributed by atoms with Gasteiger partial charge in [0.1, 0.15) is 5.75 Å². The van der Waals surface area contributed by atoms with Crippen molar-refractivity contribution < 1.29 is 9.84 Å². The second kappa shape index (κ2) is 6.09. The van der Waals surface area contributed by atoms with Crippen LogP contribution in [0.5, 0.6) is 5.75 Å². The van der Waals surface area contributed by atoms with Crippen molar-refractivity contribution in [2.45, 2.75) is 25.0 Å². The molecule has 16 heavy (non-hydrogen) atoms. The summed E-state index contributed by atoms with van der Waals surface area (Å²) < 4.78 is 5.11. The fourth-order valence-electron chi connectivity index (χ4n) is 1.99. The summed E-state index contributed by atoms with van der Waals surface area (Å²) in [7, 11) is 1.66. The van der Waals surface area contributed by atoms with Crippen LogP contribution in [-0.2, 0) is 0 Å². The molecule has 2 N–H and O–H groups in total. The zero-order chi connectivity index (χ0) is 10.7. The Labute approximate surface area is 102 Å². The second-order valence-corrected chi connectivity index (χ2v) is 3.96.